The van der Waals surface area contributed by atoms with Crippen LogP contribution in [0.3, 0.4) is 0 Å². The van der Waals surface area contributed by atoms with Gasteiger partial charge in [-0.1, -0.05) is 19.8 Å². The number of nitrogens with one attached hydrogen (secondary N) is 1. The Morgan fingerprint density at radius 1 is 1.16 bits per heavy atom. The number of carbonyl (C=O) groups is 4. The van der Waals surface area contributed by atoms with Crippen LogP contribution in [0.4, 0.5) is 5.13 Å². The van der Waals surface area contributed by atoms with E-state index in [1.165, 1.54) is 11.3 Å². The Morgan fingerprint density at radius 2 is 1.84 bits per heavy atom. The van der Waals surface area contributed by atoms with Crippen LogP contribution in [0.1, 0.15) is 37.5 Å². The molecule has 0 bridgehead atoms. The summed E-state index contributed by atoms with van der Waals surface area (Å²) in [7, 11) is 0. The van der Waals surface area contributed by atoms with E-state index < -0.39 is 11.9 Å². The molecule has 0 saturated heterocycles. The van der Waals surface area contributed by atoms with Gasteiger partial charge < -0.3 is 26.0 Å². The summed E-state index contributed by atoms with van der Waals surface area (Å²) in [5, 5.41) is 20.8. The van der Waals surface area contributed by atoms with Gasteiger partial charge in [-0.15, -0.1) is 22.7 Å². The van der Waals surface area contributed by atoms with Crippen LogP contribution in [0.25, 0.3) is 10.6 Å². The summed E-state index contributed by atoms with van der Waals surface area (Å²) in [4.78, 5) is 48.5. The average Bonchev–Trinajstić information content (AvgIpc) is 3.39. The summed E-state index contributed by atoms with van der Waals surface area (Å²) in [5.41, 5.74) is 6.48. The van der Waals surface area contributed by atoms with Crippen LogP contribution in [0, 0.1) is 0 Å². The van der Waals surface area contributed by atoms with Crippen molar-refractivity contribution >= 4 is 51.6 Å². The summed E-state index contributed by atoms with van der Waals surface area (Å²) >= 11 is 2.94. The number of aliphatic carboxylic acids is 2. The number of nitrogens with zero attached hydrogens (tertiary/aromatic N) is 1. The van der Waals surface area contributed by atoms with Crippen LogP contribution in [0.2, 0.25) is 0 Å². The fourth-order valence-electron chi connectivity index (χ4n) is 2.13. The Bertz CT molecular complexity index is 921. The first-order chi connectivity index (χ1) is 15.2. The zero-order valence-electron chi connectivity index (χ0n) is 17.4. The first-order valence-electron chi connectivity index (χ1n) is 9.57. The number of nitrogen functional groups attached to an aromatic ring is 1. The van der Waals surface area contributed by atoms with Crippen molar-refractivity contribution in [1.29, 1.82) is 0 Å². The van der Waals surface area contributed by atoms with Gasteiger partial charge in [0.05, 0.1) is 17.1 Å². The van der Waals surface area contributed by atoms with E-state index in [2.05, 4.69) is 17.2 Å². The second-order valence-corrected chi connectivity index (χ2v) is 8.30. The lowest BCUT2D eigenvalue weighted by molar-refractivity contribution is -0.148. The summed E-state index contributed by atoms with van der Waals surface area (Å²) in [6.07, 6.45) is 4.32. The van der Waals surface area contributed by atoms with E-state index in [0.717, 1.165) is 34.7 Å². The maximum atomic E-state index is 11.7. The number of esters is 1. The van der Waals surface area contributed by atoms with Gasteiger partial charge in [0.1, 0.15) is 0 Å². The topological polar surface area (TPSA) is 169 Å². The number of carboxylic acid groups (broad SMARTS) is 2. The second-order valence-electron chi connectivity index (χ2n) is 6.24. The minimum atomic E-state index is -1.26. The maximum absolute atomic E-state index is 11.7. The highest BCUT2D eigenvalue weighted by Gasteiger charge is 2.09. The van der Waals surface area contributed by atoms with E-state index in [0.29, 0.717) is 30.2 Å². The van der Waals surface area contributed by atoms with E-state index in [-0.39, 0.29) is 18.5 Å². The Labute approximate surface area is 192 Å². The number of thiophene rings is 1. The van der Waals surface area contributed by atoms with Crippen molar-refractivity contribution in [2.24, 2.45) is 0 Å². The number of hydrogen-bond donors (Lipinski definition) is 4. The zero-order chi connectivity index (χ0) is 23.9. The van der Waals surface area contributed by atoms with Gasteiger partial charge >= 0.3 is 17.9 Å². The van der Waals surface area contributed by atoms with Gasteiger partial charge in [-0.25, -0.2) is 14.6 Å². The molecule has 0 aliphatic rings. The highest BCUT2D eigenvalue weighted by Crippen LogP contribution is 2.29. The molecular weight excluding hydrogens is 458 g/mol. The molecule has 0 unspecified atom stereocenters. The van der Waals surface area contributed by atoms with Gasteiger partial charge in [-0.05, 0) is 18.6 Å². The van der Waals surface area contributed by atoms with Crippen molar-refractivity contribution in [3.63, 3.8) is 0 Å². The third-order valence-corrected chi connectivity index (χ3v) is 5.39. The van der Waals surface area contributed by atoms with Gasteiger partial charge in [0, 0.05) is 28.8 Å². The molecule has 2 aromatic rings. The number of unbranched alkanes of at least 4 members (excludes halogenated alkanes) is 2. The highest BCUT2D eigenvalue weighted by atomic mass is 32.1. The number of carbonyl (C=O) groups excluding carboxylic acids is 2. The van der Waals surface area contributed by atoms with Crippen molar-refractivity contribution in [2.75, 3.05) is 12.3 Å². The van der Waals surface area contributed by atoms with Gasteiger partial charge in [-0.2, -0.15) is 0 Å². The van der Waals surface area contributed by atoms with E-state index >= 15 is 0 Å². The highest BCUT2D eigenvalue weighted by molar-refractivity contribution is 7.16. The lowest BCUT2D eigenvalue weighted by Gasteiger charge is -2.05. The zero-order valence-corrected chi connectivity index (χ0v) is 19.0. The van der Waals surface area contributed by atoms with Crippen LogP contribution < -0.4 is 11.1 Å². The average molecular weight is 484 g/mol. The molecule has 1 amide bonds. The molecular formula is C20H25N3O7S2. The van der Waals surface area contributed by atoms with Crippen LogP contribution in [0.5, 0.6) is 0 Å². The van der Waals surface area contributed by atoms with Crippen LogP contribution in [-0.4, -0.2) is 45.6 Å². The SMILES string of the molecule is CCCCCC(=O)OCC(=O)NCc1ccc(-c2csc(N)n2)s1.O=C(O)/C=C\C(=O)O. The summed E-state index contributed by atoms with van der Waals surface area (Å²) in [6.45, 7) is 2.24. The van der Waals surface area contributed by atoms with Crippen molar-refractivity contribution in [3.8, 4) is 10.6 Å². The molecule has 0 aromatic carbocycles. The van der Waals surface area contributed by atoms with E-state index in [9.17, 15) is 19.2 Å². The maximum Gasteiger partial charge on any atom is 0.328 e. The summed E-state index contributed by atoms with van der Waals surface area (Å²) < 4.78 is 4.95. The molecule has 12 heteroatoms. The van der Waals surface area contributed by atoms with E-state index in [1.54, 1.807) is 11.3 Å². The number of hydrogen-bond acceptors (Lipinski definition) is 9. The van der Waals surface area contributed by atoms with Crippen LogP contribution in [-0.2, 0) is 30.5 Å². The minimum absolute atomic E-state index is 0.230. The monoisotopic (exact) mass is 483 g/mol. The second kappa shape index (κ2) is 14.7. The third kappa shape index (κ3) is 11.8. The molecule has 0 aliphatic carbocycles. The van der Waals surface area contributed by atoms with Crippen molar-refractivity contribution in [1.82, 2.24) is 10.3 Å². The molecule has 0 saturated carbocycles. The van der Waals surface area contributed by atoms with Crippen LogP contribution >= 0.6 is 22.7 Å². The van der Waals surface area contributed by atoms with E-state index in [1.807, 2.05) is 17.5 Å². The van der Waals surface area contributed by atoms with Gasteiger partial charge in [0.25, 0.3) is 5.91 Å². The molecule has 0 fully saturated rings. The largest absolute Gasteiger partial charge is 0.478 e. The minimum Gasteiger partial charge on any atom is -0.478 e. The van der Waals surface area contributed by atoms with Gasteiger partial charge in [-0.3, -0.25) is 9.59 Å². The van der Waals surface area contributed by atoms with E-state index in [4.69, 9.17) is 20.7 Å². The summed E-state index contributed by atoms with van der Waals surface area (Å²) in [5.74, 6) is -3.13. The third-order valence-electron chi connectivity index (χ3n) is 3.61. The molecule has 0 radical (unpaired) electrons. The molecule has 0 spiro atoms. The van der Waals surface area contributed by atoms with Crippen molar-refractivity contribution in [3.05, 3.63) is 34.5 Å². The Morgan fingerprint density at radius 3 is 2.41 bits per heavy atom. The number of aromatic nitrogens is 1. The number of ether oxygens (including phenoxy) is 1. The molecule has 32 heavy (non-hydrogen) atoms. The number of rotatable bonds is 11. The number of amides is 1. The first kappa shape index (κ1) is 26.8. The molecule has 2 rings (SSSR count). The number of thiazole rings is 1. The Balaban J connectivity index is 0.000000547. The number of anilines is 1. The fraction of sp³-hybridized carbons (Fsp3) is 0.350. The van der Waals surface area contributed by atoms with Crippen LogP contribution in [0.15, 0.2) is 29.7 Å². The molecule has 0 aliphatic heterocycles. The summed E-state index contributed by atoms with van der Waals surface area (Å²) in [6, 6.07) is 3.89. The molecule has 174 valence electrons. The normalized spacial score (nSPS) is 10.3. The fourth-order valence-corrected chi connectivity index (χ4v) is 3.67. The predicted molar refractivity (Wildman–Crippen MR) is 121 cm³/mol. The van der Waals surface area contributed by atoms with Gasteiger partial charge in [0.15, 0.2) is 11.7 Å². The van der Waals surface area contributed by atoms with Gasteiger partial charge in [0.2, 0.25) is 0 Å². The lowest BCUT2D eigenvalue weighted by atomic mass is 10.2. The predicted octanol–water partition coefficient (Wildman–Crippen LogP) is 2.91. The first-order valence-corrected chi connectivity index (χ1v) is 11.3. The Hall–Kier alpha value is -3.25. The molecule has 2 aromatic heterocycles. The molecule has 10 nitrogen and oxygen atoms in total. The Kier molecular flexibility index (Phi) is 12.3. The number of carboxylic acids is 2. The molecule has 2 heterocycles. The lowest BCUT2D eigenvalue weighted by Crippen LogP contribution is -2.28. The smallest absolute Gasteiger partial charge is 0.328 e. The van der Waals surface area contributed by atoms with Crippen molar-refractivity contribution in [2.45, 2.75) is 39.2 Å². The standard InChI is InChI=1S/C16H21N3O3S2.C4H4O4/c1-2-3-4-5-15(21)22-9-14(20)18-8-11-6-7-13(24-11)12-10-23-16(17)19-12;5-3(6)1-2-4(7)8/h6-7,10H,2-5,8-9H2,1H3,(H2,17,19)(H,18,20);1-2H,(H,5,6)(H,7,8)/b;2-1-. The molecule has 0 atom stereocenters. The quantitative estimate of drug-likeness (QED) is 0.213. The number of nitrogens with two attached hydrogens (primary N) is 1. The molecule has 5 N–H and O–H groups in total. The van der Waals surface area contributed by atoms with Crippen molar-refractivity contribution < 1.29 is 34.1 Å².